The average Bonchev–Trinajstić information content (AvgIpc) is 3.02. The SMILES string of the molecule is COC1CCCC(OCc2ccccc2)([C@@H](F)COC(c2ccccc2)(c2ccccc2)c2ccccc2)O1. The fourth-order valence-electron chi connectivity index (χ4n) is 5.32. The summed E-state index contributed by atoms with van der Waals surface area (Å²) in [6.45, 7) is -0.0250. The first-order valence-electron chi connectivity index (χ1n) is 13.5. The Bertz CT molecular complexity index is 1170. The second-order valence-electron chi connectivity index (χ2n) is 9.82. The third kappa shape index (κ3) is 5.97. The lowest BCUT2D eigenvalue weighted by atomic mass is 9.80. The van der Waals surface area contributed by atoms with Gasteiger partial charge in [-0.2, -0.15) is 0 Å². The molecule has 1 fully saturated rings. The van der Waals surface area contributed by atoms with Crippen molar-refractivity contribution in [1.29, 1.82) is 0 Å². The minimum Gasteiger partial charge on any atom is -0.358 e. The van der Waals surface area contributed by atoms with E-state index in [4.69, 9.17) is 18.9 Å². The van der Waals surface area contributed by atoms with Gasteiger partial charge in [0.25, 0.3) is 0 Å². The van der Waals surface area contributed by atoms with Crippen LogP contribution in [0.3, 0.4) is 0 Å². The van der Waals surface area contributed by atoms with E-state index in [1.165, 1.54) is 0 Å². The summed E-state index contributed by atoms with van der Waals surface area (Å²) in [5.74, 6) is -1.50. The Morgan fingerprint density at radius 2 is 1.28 bits per heavy atom. The number of hydrogen-bond donors (Lipinski definition) is 0. The zero-order valence-corrected chi connectivity index (χ0v) is 22.2. The molecule has 0 spiro atoms. The monoisotopic (exact) mass is 526 g/mol. The van der Waals surface area contributed by atoms with Crippen LogP contribution >= 0.6 is 0 Å². The molecule has 3 atom stereocenters. The molecule has 1 aliphatic heterocycles. The average molecular weight is 527 g/mol. The minimum atomic E-state index is -1.57. The highest BCUT2D eigenvalue weighted by Crippen LogP contribution is 2.42. The van der Waals surface area contributed by atoms with Crippen LogP contribution in [0.15, 0.2) is 121 Å². The van der Waals surface area contributed by atoms with Gasteiger partial charge in [0.05, 0.1) is 13.2 Å². The Kier molecular flexibility index (Phi) is 8.84. The van der Waals surface area contributed by atoms with Crippen molar-refractivity contribution < 1.29 is 23.3 Å². The molecule has 39 heavy (non-hydrogen) atoms. The number of halogens is 1. The van der Waals surface area contributed by atoms with E-state index in [9.17, 15) is 0 Å². The molecule has 5 rings (SSSR count). The largest absolute Gasteiger partial charge is 0.358 e. The first-order chi connectivity index (χ1) is 19.2. The second kappa shape index (κ2) is 12.7. The zero-order chi connectivity index (χ0) is 27.0. The van der Waals surface area contributed by atoms with Crippen LogP contribution in [0.25, 0.3) is 0 Å². The highest BCUT2D eigenvalue weighted by atomic mass is 19.1. The predicted octanol–water partition coefficient (Wildman–Crippen LogP) is 7.42. The summed E-state index contributed by atoms with van der Waals surface area (Å²) >= 11 is 0. The molecule has 0 aromatic heterocycles. The molecule has 0 N–H and O–H groups in total. The third-order valence-electron chi connectivity index (χ3n) is 7.35. The van der Waals surface area contributed by atoms with Gasteiger partial charge in [0.15, 0.2) is 12.5 Å². The molecule has 0 saturated carbocycles. The molecule has 1 aliphatic rings. The summed E-state index contributed by atoms with van der Waals surface area (Å²) in [6.07, 6.45) is -0.319. The van der Waals surface area contributed by atoms with E-state index in [0.717, 1.165) is 28.7 Å². The van der Waals surface area contributed by atoms with Crippen molar-refractivity contribution in [3.05, 3.63) is 144 Å². The molecule has 4 nitrogen and oxygen atoms in total. The normalized spacial score (nSPS) is 20.4. The molecule has 4 aromatic rings. The van der Waals surface area contributed by atoms with Crippen LogP contribution < -0.4 is 0 Å². The Labute approximate surface area is 230 Å². The molecule has 1 saturated heterocycles. The molecule has 2 unspecified atom stereocenters. The smallest absolute Gasteiger partial charge is 0.205 e. The summed E-state index contributed by atoms with van der Waals surface area (Å²) in [6, 6.07) is 39.6. The van der Waals surface area contributed by atoms with E-state index < -0.39 is 23.8 Å². The molecule has 1 heterocycles. The highest BCUT2D eigenvalue weighted by molar-refractivity contribution is 5.47. The standard InChI is InChI=1S/C34H35FO4/c1-36-32-23-14-24-33(39-32,37-25-27-15-6-2-7-16-27)31(35)26-38-34(28-17-8-3-9-18-28,29-19-10-4-11-20-29)30-21-12-5-13-22-30/h2-13,15-22,31-32H,14,23-26H2,1H3/t31-,32?,33?/m0/s1. The topological polar surface area (TPSA) is 36.9 Å². The van der Waals surface area contributed by atoms with Gasteiger partial charge in [0.1, 0.15) is 5.60 Å². The summed E-state index contributed by atoms with van der Waals surface area (Å²) in [5, 5.41) is 0. The van der Waals surface area contributed by atoms with Gasteiger partial charge in [-0.25, -0.2) is 4.39 Å². The van der Waals surface area contributed by atoms with Crippen molar-refractivity contribution >= 4 is 0 Å². The third-order valence-corrected chi connectivity index (χ3v) is 7.35. The van der Waals surface area contributed by atoms with Crippen molar-refractivity contribution in [2.45, 2.75) is 49.7 Å². The van der Waals surface area contributed by atoms with Crippen molar-refractivity contribution in [2.75, 3.05) is 13.7 Å². The molecule has 0 radical (unpaired) electrons. The maximum absolute atomic E-state index is 16.6. The lowest BCUT2D eigenvalue weighted by Crippen LogP contribution is -2.53. The summed E-state index contributed by atoms with van der Waals surface area (Å²) in [7, 11) is 1.58. The summed E-state index contributed by atoms with van der Waals surface area (Å²) in [4.78, 5) is 0. The van der Waals surface area contributed by atoms with Gasteiger partial charge in [-0.3, -0.25) is 0 Å². The Balaban J connectivity index is 1.50. The van der Waals surface area contributed by atoms with Crippen molar-refractivity contribution in [2.24, 2.45) is 0 Å². The predicted molar refractivity (Wildman–Crippen MR) is 150 cm³/mol. The number of ether oxygens (including phenoxy) is 4. The number of hydrogen-bond acceptors (Lipinski definition) is 4. The zero-order valence-electron chi connectivity index (χ0n) is 22.2. The Morgan fingerprint density at radius 1 is 0.795 bits per heavy atom. The van der Waals surface area contributed by atoms with Crippen molar-refractivity contribution in [1.82, 2.24) is 0 Å². The van der Waals surface area contributed by atoms with Crippen LogP contribution in [0.2, 0.25) is 0 Å². The second-order valence-corrected chi connectivity index (χ2v) is 9.82. The van der Waals surface area contributed by atoms with E-state index in [0.29, 0.717) is 12.8 Å². The van der Waals surface area contributed by atoms with Gasteiger partial charge in [0.2, 0.25) is 5.79 Å². The Morgan fingerprint density at radius 3 is 1.77 bits per heavy atom. The molecule has 4 aromatic carbocycles. The first-order valence-corrected chi connectivity index (χ1v) is 13.5. The van der Waals surface area contributed by atoms with E-state index in [1.54, 1.807) is 7.11 Å². The van der Waals surface area contributed by atoms with Crippen molar-refractivity contribution in [3.63, 3.8) is 0 Å². The maximum Gasteiger partial charge on any atom is 0.205 e. The van der Waals surface area contributed by atoms with Crippen LogP contribution in [-0.2, 0) is 31.2 Å². The fourth-order valence-corrected chi connectivity index (χ4v) is 5.32. The summed E-state index contributed by atoms with van der Waals surface area (Å²) < 4.78 is 41.3. The van der Waals surface area contributed by atoms with Crippen LogP contribution in [0, 0.1) is 0 Å². The van der Waals surface area contributed by atoms with E-state index >= 15 is 4.39 Å². The number of benzene rings is 4. The molecule has 202 valence electrons. The Hall–Kier alpha value is -3.35. The maximum atomic E-state index is 16.6. The van der Waals surface area contributed by atoms with Crippen LogP contribution in [0.5, 0.6) is 0 Å². The van der Waals surface area contributed by atoms with Gasteiger partial charge in [-0.1, -0.05) is 121 Å². The first kappa shape index (κ1) is 27.2. The number of alkyl halides is 1. The fraction of sp³-hybridized carbons (Fsp3) is 0.294. The summed E-state index contributed by atoms with van der Waals surface area (Å²) in [5.41, 5.74) is 2.64. The minimum absolute atomic E-state index is 0.221. The van der Waals surface area contributed by atoms with Gasteiger partial charge in [-0.15, -0.1) is 0 Å². The van der Waals surface area contributed by atoms with Crippen molar-refractivity contribution in [3.8, 4) is 0 Å². The molecule has 0 bridgehead atoms. The molecular formula is C34H35FO4. The molecule has 5 heteroatoms. The van der Waals surface area contributed by atoms with Crippen LogP contribution in [0.1, 0.15) is 41.5 Å². The van der Waals surface area contributed by atoms with E-state index in [2.05, 4.69) is 0 Å². The van der Waals surface area contributed by atoms with Crippen LogP contribution in [-0.4, -0.2) is 32.0 Å². The van der Waals surface area contributed by atoms with E-state index in [-0.39, 0.29) is 13.2 Å². The molecule has 0 amide bonds. The lowest BCUT2D eigenvalue weighted by molar-refractivity contribution is -0.355. The molecule has 0 aliphatic carbocycles. The van der Waals surface area contributed by atoms with Gasteiger partial charge >= 0.3 is 0 Å². The highest BCUT2D eigenvalue weighted by Gasteiger charge is 2.48. The molecular weight excluding hydrogens is 491 g/mol. The number of methoxy groups -OCH3 is 1. The van der Waals surface area contributed by atoms with Crippen LogP contribution in [0.4, 0.5) is 4.39 Å². The quantitative estimate of drug-likeness (QED) is 0.191. The van der Waals surface area contributed by atoms with Gasteiger partial charge in [-0.05, 0) is 35.1 Å². The lowest BCUT2D eigenvalue weighted by Gasteiger charge is -2.43. The van der Waals surface area contributed by atoms with E-state index in [1.807, 2.05) is 121 Å². The van der Waals surface area contributed by atoms with Gasteiger partial charge in [0, 0.05) is 13.5 Å². The number of rotatable bonds is 11. The van der Waals surface area contributed by atoms with Gasteiger partial charge < -0.3 is 18.9 Å².